The predicted octanol–water partition coefficient (Wildman–Crippen LogP) is 3.37. The zero-order chi connectivity index (χ0) is 15.1. The van der Waals surface area contributed by atoms with Crippen molar-refractivity contribution in [1.82, 2.24) is 4.37 Å². The Kier molecular flexibility index (Phi) is 3.38. The lowest BCUT2D eigenvalue weighted by Gasteiger charge is -2.08. The summed E-state index contributed by atoms with van der Waals surface area (Å²) in [5.41, 5.74) is -1.87. The van der Waals surface area contributed by atoms with Crippen LogP contribution in [0.1, 0.15) is 15.2 Å². The Bertz CT molecular complexity index is 681. The molecule has 0 amide bonds. The fourth-order valence-electron chi connectivity index (χ4n) is 1.51. The number of aromatic hydroxyl groups is 1. The molecule has 106 valence electrons. The van der Waals surface area contributed by atoms with Crippen LogP contribution in [0.4, 0.5) is 17.6 Å². The van der Waals surface area contributed by atoms with E-state index in [4.69, 9.17) is 5.11 Å². The Morgan fingerprint density at radius 1 is 1.30 bits per heavy atom. The number of carbonyl (C=O) groups is 1. The number of hydrogen-bond acceptors (Lipinski definition) is 4. The lowest BCUT2D eigenvalue weighted by Crippen LogP contribution is -2.07. The summed E-state index contributed by atoms with van der Waals surface area (Å²) in [7, 11) is 0. The Hall–Kier alpha value is -2.16. The number of halogens is 4. The van der Waals surface area contributed by atoms with Gasteiger partial charge in [-0.15, -0.1) is 0 Å². The first kappa shape index (κ1) is 14.3. The highest BCUT2D eigenvalue weighted by Crippen LogP contribution is 2.37. The minimum atomic E-state index is -4.83. The molecule has 2 aromatic rings. The van der Waals surface area contributed by atoms with Crippen molar-refractivity contribution in [2.45, 2.75) is 6.18 Å². The normalized spacial score (nSPS) is 11.6. The van der Waals surface area contributed by atoms with E-state index in [0.29, 0.717) is 23.7 Å². The van der Waals surface area contributed by atoms with Crippen molar-refractivity contribution in [2.75, 3.05) is 0 Å². The van der Waals surface area contributed by atoms with E-state index in [1.807, 2.05) is 0 Å². The van der Waals surface area contributed by atoms with Crippen molar-refractivity contribution in [2.24, 2.45) is 0 Å². The van der Waals surface area contributed by atoms with E-state index < -0.39 is 34.2 Å². The minimum absolute atomic E-state index is 0.142. The third kappa shape index (κ3) is 2.44. The molecule has 0 radical (unpaired) electrons. The second-order valence-corrected chi connectivity index (χ2v) is 4.48. The molecule has 0 aliphatic heterocycles. The van der Waals surface area contributed by atoms with E-state index in [1.54, 1.807) is 0 Å². The molecule has 1 aromatic heterocycles. The minimum Gasteiger partial charge on any atom is -0.504 e. The zero-order valence-corrected chi connectivity index (χ0v) is 10.2. The van der Waals surface area contributed by atoms with Crippen LogP contribution in [0.25, 0.3) is 11.3 Å². The molecule has 0 saturated carbocycles. The maximum Gasteiger partial charge on any atom is 0.419 e. The van der Waals surface area contributed by atoms with Crippen molar-refractivity contribution in [3.8, 4) is 17.0 Å². The maximum atomic E-state index is 13.4. The smallest absolute Gasteiger partial charge is 0.419 e. The van der Waals surface area contributed by atoms with Crippen molar-refractivity contribution < 1.29 is 32.6 Å². The molecule has 1 heterocycles. The molecule has 0 aliphatic rings. The van der Waals surface area contributed by atoms with Gasteiger partial charge in [-0.05, 0) is 23.7 Å². The van der Waals surface area contributed by atoms with E-state index in [1.165, 1.54) is 0 Å². The van der Waals surface area contributed by atoms with Crippen LogP contribution in [0.2, 0.25) is 0 Å². The van der Waals surface area contributed by atoms with Gasteiger partial charge in [-0.2, -0.15) is 17.5 Å². The molecule has 9 heteroatoms. The number of aromatic carboxylic acids is 1. The highest BCUT2D eigenvalue weighted by molar-refractivity contribution is 7.08. The van der Waals surface area contributed by atoms with Gasteiger partial charge in [0, 0.05) is 5.56 Å². The summed E-state index contributed by atoms with van der Waals surface area (Å²) in [6.45, 7) is 0. The summed E-state index contributed by atoms with van der Waals surface area (Å²) in [6, 6.07) is 1.96. The van der Waals surface area contributed by atoms with Crippen LogP contribution in [-0.2, 0) is 6.18 Å². The molecule has 0 fully saturated rings. The number of hydrogen-bond donors (Lipinski definition) is 2. The molecule has 20 heavy (non-hydrogen) atoms. The third-order valence-electron chi connectivity index (χ3n) is 2.41. The van der Waals surface area contributed by atoms with Crippen LogP contribution < -0.4 is 0 Å². The molecule has 2 rings (SSSR count). The standard InChI is InChI=1S/C11H5F4NO3S/c12-6-3-4(1-2-5(6)11(13,14)15)7-8(17)9(10(18)19)20-16-7/h1-3,17H,(H,18,19). The molecule has 0 saturated heterocycles. The summed E-state index contributed by atoms with van der Waals surface area (Å²) in [5, 5.41) is 18.3. The fraction of sp³-hybridized carbons (Fsp3) is 0.0909. The lowest BCUT2D eigenvalue weighted by molar-refractivity contribution is -0.139. The average Bonchev–Trinajstić information content (AvgIpc) is 2.69. The molecule has 0 spiro atoms. The van der Waals surface area contributed by atoms with Gasteiger partial charge in [0.1, 0.15) is 11.5 Å². The summed E-state index contributed by atoms with van der Waals surface area (Å²) >= 11 is 0.450. The van der Waals surface area contributed by atoms with Crippen LogP contribution in [0, 0.1) is 5.82 Å². The van der Waals surface area contributed by atoms with Gasteiger partial charge in [0.05, 0.1) is 5.56 Å². The fourth-order valence-corrected chi connectivity index (χ4v) is 2.14. The molecular formula is C11H5F4NO3S. The van der Waals surface area contributed by atoms with Crippen LogP contribution in [-0.4, -0.2) is 20.6 Å². The summed E-state index contributed by atoms with van der Waals surface area (Å²) in [6.07, 6.45) is -4.83. The Morgan fingerprint density at radius 2 is 1.95 bits per heavy atom. The van der Waals surface area contributed by atoms with Gasteiger partial charge >= 0.3 is 12.1 Å². The van der Waals surface area contributed by atoms with Crippen LogP contribution >= 0.6 is 11.5 Å². The van der Waals surface area contributed by atoms with Crippen molar-refractivity contribution in [3.05, 3.63) is 34.5 Å². The van der Waals surface area contributed by atoms with E-state index >= 15 is 0 Å². The van der Waals surface area contributed by atoms with E-state index in [-0.39, 0.29) is 11.3 Å². The van der Waals surface area contributed by atoms with Gasteiger partial charge in [0.25, 0.3) is 0 Å². The number of rotatable bonds is 2. The first-order valence-electron chi connectivity index (χ1n) is 5.01. The monoisotopic (exact) mass is 307 g/mol. The first-order chi connectivity index (χ1) is 9.21. The highest BCUT2D eigenvalue weighted by atomic mass is 32.1. The summed E-state index contributed by atoms with van der Waals surface area (Å²) in [4.78, 5) is 10.2. The molecular weight excluding hydrogens is 302 g/mol. The third-order valence-corrected chi connectivity index (χ3v) is 3.23. The van der Waals surface area contributed by atoms with Crippen LogP contribution in [0.15, 0.2) is 18.2 Å². The molecule has 2 N–H and O–H groups in total. The number of nitrogens with zero attached hydrogens (tertiary/aromatic N) is 1. The summed E-state index contributed by atoms with van der Waals surface area (Å²) in [5.74, 6) is -3.67. The van der Waals surface area contributed by atoms with Gasteiger partial charge in [-0.25, -0.2) is 9.18 Å². The highest BCUT2D eigenvalue weighted by Gasteiger charge is 2.34. The largest absolute Gasteiger partial charge is 0.504 e. The quantitative estimate of drug-likeness (QED) is 0.835. The second-order valence-electron chi connectivity index (χ2n) is 3.71. The number of alkyl halides is 3. The SMILES string of the molecule is O=C(O)c1snc(-c2ccc(C(F)(F)F)c(F)c2)c1O. The predicted molar refractivity (Wildman–Crippen MR) is 61.1 cm³/mol. The first-order valence-corrected chi connectivity index (χ1v) is 5.78. The molecule has 0 atom stereocenters. The molecule has 1 aromatic carbocycles. The molecule has 4 nitrogen and oxygen atoms in total. The second kappa shape index (κ2) is 4.75. The van der Waals surface area contributed by atoms with Gasteiger partial charge in [-0.1, -0.05) is 6.07 Å². The Balaban J connectivity index is 2.50. The number of carboxylic acids is 1. The van der Waals surface area contributed by atoms with Crippen molar-refractivity contribution >= 4 is 17.5 Å². The topological polar surface area (TPSA) is 70.4 Å². The van der Waals surface area contributed by atoms with Gasteiger partial charge in [0.2, 0.25) is 0 Å². The van der Waals surface area contributed by atoms with Crippen LogP contribution in [0.5, 0.6) is 5.75 Å². The zero-order valence-electron chi connectivity index (χ0n) is 9.40. The van der Waals surface area contributed by atoms with Gasteiger partial charge < -0.3 is 10.2 Å². The van der Waals surface area contributed by atoms with E-state index in [0.717, 1.165) is 6.07 Å². The number of aromatic nitrogens is 1. The average molecular weight is 307 g/mol. The number of benzene rings is 1. The lowest BCUT2D eigenvalue weighted by atomic mass is 10.1. The molecule has 0 bridgehead atoms. The maximum absolute atomic E-state index is 13.4. The molecule has 0 unspecified atom stereocenters. The Labute approximate surface area is 113 Å². The molecule has 0 aliphatic carbocycles. The van der Waals surface area contributed by atoms with Gasteiger partial charge in [-0.3, -0.25) is 0 Å². The summed E-state index contributed by atoms with van der Waals surface area (Å²) < 4.78 is 54.2. The van der Waals surface area contributed by atoms with E-state index in [2.05, 4.69) is 4.37 Å². The van der Waals surface area contributed by atoms with Crippen molar-refractivity contribution in [1.29, 1.82) is 0 Å². The Morgan fingerprint density at radius 3 is 2.40 bits per heavy atom. The van der Waals surface area contributed by atoms with Crippen molar-refractivity contribution in [3.63, 3.8) is 0 Å². The van der Waals surface area contributed by atoms with E-state index in [9.17, 15) is 27.5 Å². The van der Waals surface area contributed by atoms with Crippen LogP contribution in [0.3, 0.4) is 0 Å². The van der Waals surface area contributed by atoms with Gasteiger partial charge in [0.15, 0.2) is 10.6 Å². The number of carboxylic acid groups (broad SMARTS) is 1.